The molecule has 0 unspecified atom stereocenters. The number of benzene rings is 1. The van der Waals surface area contributed by atoms with E-state index in [0.717, 1.165) is 50.9 Å². The van der Waals surface area contributed by atoms with Crippen LogP contribution in [0.4, 0.5) is 0 Å². The summed E-state index contributed by atoms with van der Waals surface area (Å²) in [7, 11) is 0. The monoisotopic (exact) mass is 388 g/mol. The van der Waals surface area contributed by atoms with Crippen LogP contribution < -0.4 is 5.32 Å². The first-order valence-corrected chi connectivity index (χ1v) is 10.5. The minimum Gasteiger partial charge on any atom is -0.358 e. The summed E-state index contributed by atoms with van der Waals surface area (Å²) >= 11 is 5.55. The van der Waals surface area contributed by atoms with Crippen LogP contribution in [0.2, 0.25) is 0 Å². The first-order valence-electron chi connectivity index (χ1n) is 10.1. The van der Waals surface area contributed by atoms with Gasteiger partial charge in [0.05, 0.1) is 6.54 Å². The molecule has 0 saturated carbocycles. The predicted octanol–water partition coefficient (Wildman–Crippen LogP) is 2.18. The van der Waals surface area contributed by atoms with Gasteiger partial charge in [-0.1, -0.05) is 44.2 Å². The Morgan fingerprint density at radius 3 is 2.30 bits per heavy atom. The average molecular weight is 389 g/mol. The molecule has 148 valence electrons. The summed E-state index contributed by atoms with van der Waals surface area (Å²) in [6.07, 6.45) is 1.23. The van der Waals surface area contributed by atoms with E-state index in [-0.39, 0.29) is 5.91 Å². The molecule has 3 rings (SSSR count). The Labute approximate surface area is 168 Å². The number of piperidine rings is 1. The number of carbonyl (C=O) groups is 1. The average Bonchev–Trinajstić information content (AvgIpc) is 2.66. The summed E-state index contributed by atoms with van der Waals surface area (Å²) in [6, 6.07) is 10.3. The standard InChI is InChI=1S/C21H32N4OS/c1-17-12-18(2)15-25(14-17)20(26)16-23-8-10-24(11-9-23)21(27)22-13-19-6-4-3-5-7-19/h3-7,17-18H,8-16H2,1-2H3,(H,22,27)/t17-,18-/m0/s1. The van der Waals surface area contributed by atoms with E-state index >= 15 is 0 Å². The number of nitrogens with one attached hydrogen (secondary N) is 1. The molecule has 1 N–H and O–H groups in total. The lowest BCUT2D eigenvalue weighted by atomic mass is 9.92. The Kier molecular flexibility index (Phi) is 7.07. The number of hydrogen-bond donors (Lipinski definition) is 1. The van der Waals surface area contributed by atoms with Gasteiger partial charge in [-0.05, 0) is 36.0 Å². The number of thiocarbonyl (C=S) groups is 1. The number of rotatable bonds is 4. The molecule has 0 radical (unpaired) electrons. The van der Waals surface area contributed by atoms with Gasteiger partial charge < -0.3 is 15.1 Å². The second-order valence-electron chi connectivity index (χ2n) is 8.15. The summed E-state index contributed by atoms with van der Waals surface area (Å²) < 4.78 is 0. The van der Waals surface area contributed by atoms with Crippen LogP contribution in [0.5, 0.6) is 0 Å². The molecule has 1 aromatic rings. The van der Waals surface area contributed by atoms with Gasteiger partial charge in [-0.25, -0.2) is 0 Å². The molecule has 5 nitrogen and oxygen atoms in total. The Bertz CT molecular complexity index is 620. The molecule has 0 bridgehead atoms. The summed E-state index contributed by atoms with van der Waals surface area (Å²) in [4.78, 5) is 19.2. The fourth-order valence-corrected chi connectivity index (χ4v) is 4.41. The third-order valence-corrected chi connectivity index (χ3v) is 5.93. The van der Waals surface area contributed by atoms with Crippen molar-refractivity contribution in [2.45, 2.75) is 26.8 Å². The largest absolute Gasteiger partial charge is 0.358 e. The van der Waals surface area contributed by atoms with E-state index in [2.05, 4.69) is 46.0 Å². The molecule has 2 atom stereocenters. The molecular weight excluding hydrogens is 356 g/mol. The van der Waals surface area contributed by atoms with Gasteiger partial charge in [0.25, 0.3) is 0 Å². The van der Waals surface area contributed by atoms with Gasteiger partial charge in [0.2, 0.25) is 5.91 Å². The van der Waals surface area contributed by atoms with Crippen molar-refractivity contribution in [1.82, 2.24) is 20.0 Å². The van der Waals surface area contributed by atoms with Crippen molar-refractivity contribution in [1.29, 1.82) is 0 Å². The minimum absolute atomic E-state index is 0.284. The molecule has 2 fully saturated rings. The zero-order chi connectivity index (χ0) is 19.2. The van der Waals surface area contributed by atoms with Crippen LogP contribution in [0.25, 0.3) is 0 Å². The van der Waals surface area contributed by atoms with Crippen LogP contribution in [0.15, 0.2) is 30.3 Å². The van der Waals surface area contributed by atoms with Gasteiger partial charge in [-0.15, -0.1) is 0 Å². The van der Waals surface area contributed by atoms with Gasteiger partial charge in [0, 0.05) is 45.8 Å². The first kappa shape index (κ1) is 20.1. The number of piperazine rings is 1. The minimum atomic E-state index is 0.284. The molecule has 0 spiro atoms. The fourth-order valence-electron chi connectivity index (χ4n) is 4.15. The maximum atomic E-state index is 12.7. The quantitative estimate of drug-likeness (QED) is 0.801. The van der Waals surface area contributed by atoms with Gasteiger partial charge in [-0.2, -0.15) is 0 Å². The number of likely N-dealkylation sites (tertiary alicyclic amines) is 1. The molecule has 0 aliphatic carbocycles. The highest BCUT2D eigenvalue weighted by Gasteiger charge is 2.27. The number of hydrogen-bond acceptors (Lipinski definition) is 3. The summed E-state index contributed by atoms with van der Waals surface area (Å²) in [5.41, 5.74) is 1.23. The Hall–Kier alpha value is -1.66. The summed E-state index contributed by atoms with van der Waals surface area (Å²) in [5, 5.41) is 4.16. The lowest BCUT2D eigenvalue weighted by molar-refractivity contribution is -0.135. The molecule has 2 aliphatic heterocycles. The zero-order valence-corrected chi connectivity index (χ0v) is 17.4. The first-order chi connectivity index (χ1) is 13.0. The van der Waals surface area contributed by atoms with Crippen LogP contribution in [0.3, 0.4) is 0 Å². The van der Waals surface area contributed by atoms with Crippen LogP contribution in [0, 0.1) is 11.8 Å². The number of nitrogens with zero attached hydrogens (tertiary/aromatic N) is 3. The molecule has 27 heavy (non-hydrogen) atoms. The molecule has 1 aromatic carbocycles. The van der Waals surface area contributed by atoms with Crippen LogP contribution in [0.1, 0.15) is 25.8 Å². The van der Waals surface area contributed by atoms with Gasteiger partial charge in [-0.3, -0.25) is 9.69 Å². The van der Waals surface area contributed by atoms with E-state index in [1.165, 1.54) is 12.0 Å². The van der Waals surface area contributed by atoms with Gasteiger partial charge >= 0.3 is 0 Å². The van der Waals surface area contributed by atoms with Crippen LogP contribution >= 0.6 is 12.2 Å². The topological polar surface area (TPSA) is 38.8 Å². The highest BCUT2D eigenvalue weighted by molar-refractivity contribution is 7.80. The number of carbonyl (C=O) groups excluding carboxylic acids is 1. The van der Waals surface area contributed by atoms with E-state index in [4.69, 9.17) is 12.2 Å². The van der Waals surface area contributed by atoms with Crippen molar-refractivity contribution in [3.63, 3.8) is 0 Å². The molecule has 2 saturated heterocycles. The number of amides is 1. The molecule has 2 heterocycles. The Morgan fingerprint density at radius 1 is 1.04 bits per heavy atom. The maximum absolute atomic E-state index is 12.7. The van der Waals surface area contributed by atoms with Crippen molar-refractivity contribution in [2.75, 3.05) is 45.8 Å². The Balaban J connectivity index is 1.39. The summed E-state index contributed by atoms with van der Waals surface area (Å²) in [5.74, 6) is 1.51. The van der Waals surface area contributed by atoms with E-state index in [9.17, 15) is 4.79 Å². The lowest BCUT2D eigenvalue weighted by Crippen LogP contribution is -2.54. The van der Waals surface area contributed by atoms with Crippen LogP contribution in [-0.4, -0.2) is 71.5 Å². The molecule has 6 heteroatoms. The highest BCUT2D eigenvalue weighted by atomic mass is 32.1. The van der Waals surface area contributed by atoms with E-state index < -0.39 is 0 Å². The van der Waals surface area contributed by atoms with Crippen molar-refractivity contribution >= 4 is 23.2 Å². The molecule has 0 aromatic heterocycles. The Morgan fingerprint density at radius 2 is 1.67 bits per heavy atom. The second kappa shape index (κ2) is 9.51. The summed E-state index contributed by atoms with van der Waals surface area (Å²) in [6.45, 7) is 11.1. The highest BCUT2D eigenvalue weighted by Crippen LogP contribution is 2.21. The molecular formula is C21H32N4OS. The van der Waals surface area contributed by atoms with Crippen molar-refractivity contribution in [2.24, 2.45) is 11.8 Å². The van der Waals surface area contributed by atoms with Gasteiger partial charge in [0.1, 0.15) is 0 Å². The van der Waals surface area contributed by atoms with Crippen molar-refractivity contribution < 1.29 is 4.79 Å². The smallest absolute Gasteiger partial charge is 0.236 e. The van der Waals surface area contributed by atoms with Gasteiger partial charge in [0.15, 0.2) is 5.11 Å². The van der Waals surface area contributed by atoms with E-state index in [1.807, 2.05) is 18.2 Å². The van der Waals surface area contributed by atoms with Crippen LogP contribution in [-0.2, 0) is 11.3 Å². The fraction of sp³-hybridized carbons (Fsp3) is 0.619. The SMILES string of the molecule is C[C@H]1C[C@H](C)CN(C(=O)CN2CCN(C(=S)NCc3ccccc3)CC2)C1. The third-order valence-electron chi connectivity index (χ3n) is 5.53. The normalized spacial score (nSPS) is 23.9. The predicted molar refractivity (Wildman–Crippen MR) is 113 cm³/mol. The molecule has 2 aliphatic rings. The lowest BCUT2D eigenvalue weighted by Gasteiger charge is -2.39. The second-order valence-corrected chi connectivity index (χ2v) is 8.54. The van der Waals surface area contributed by atoms with Crippen molar-refractivity contribution in [3.05, 3.63) is 35.9 Å². The zero-order valence-electron chi connectivity index (χ0n) is 16.6. The molecule has 1 amide bonds. The van der Waals surface area contributed by atoms with Crippen molar-refractivity contribution in [3.8, 4) is 0 Å². The van der Waals surface area contributed by atoms with E-state index in [1.54, 1.807) is 0 Å². The van der Waals surface area contributed by atoms with E-state index in [0.29, 0.717) is 18.4 Å². The maximum Gasteiger partial charge on any atom is 0.236 e. The third kappa shape index (κ3) is 5.91.